The lowest BCUT2D eigenvalue weighted by Crippen LogP contribution is -2.23. The minimum Gasteiger partial charge on any atom is -0.289 e. The SMILES string of the molecule is O=C1NC(=O)C2=C1CCCC2c1ccc(Cl)cc1. The van der Waals surface area contributed by atoms with Crippen molar-refractivity contribution in [2.24, 2.45) is 0 Å². The summed E-state index contributed by atoms with van der Waals surface area (Å²) in [6.07, 6.45) is 2.55. The Labute approximate surface area is 110 Å². The fraction of sp³-hybridized carbons (Fsp3) is 0.286. The Kier molecular flexibility index (Phi) is 2.71. The van der Waals surface area contributed by atoms with Crippen molar-refractivity contribution in [3.63, 3.8) is 0 Å². The van der Waals surface area contributed by atoms with Crippen molar-refractivity contribution in [1.82, 2.24) is 5.32 Å². The molecule has 92 valence electrons. The molecule has 1 unspecified atom stereocenters. The summed E-state index contributed by atoms with van der Waals surface area (Å²) < 4.78 is 0. The van der Waals surface area contributed by atoms with Crippen LogP contribution in [0.1, 0.15) is 30.7 Å². The van der Waals surface area contributed by atoms with E-state index in [1.54, 1.807) is 0 Å². The molecule has 0 radical (unpaired) electrons. The molecule has 0 aromatic heterocycles. The third kappa shape index (κ3) is 1.75. The van der Waals surface area contributed by atoms with E-state index in [-0.39, 0.29) is 17.7 Å². The van der Waals surface area contributed by atoms with Crippen molar-refractivity contribution in [2.75, 3.05) is 0 Å². The molecule has 1 aromatic carbocycles. The van der Waals surface area contributed by atoms with E-state index in [1.165, 1.54) is 0 Å². The molecule has 2 aliphatic rings. The largest absolute Gasteiger partial charge is 0.289 e. The molecule has 0 spiro atoms. The Morgan fingerprint density at radius 1 is 1.11 bits per heavy atom. The topological polar surface area (TPSA) is 46.2 Å². The number of amides is 2. The molecule has 1 atom stereocenters. The summed E-state index contributed by atoms with van der Waals surface area (Å²) in [4.78, 5) is 23.5. The van der Waals surface area contributed by atoms with E-state index in [1.807, 2.05) is 24.3 Å². The molecule has 3 nitrogen and oxygen atoms in total. The van der Waals surface area contributed by atoms with Gasteiger partial charge >= 0.3 is 0 Å². The maximum Gasteiger partial charge on any atom is 0.255 e. The Balaban J connectivity index is 2.04. The second-order valence-electron chi connectivity index (χ2n) is 4.67. The van der Waals surface area contributed by atoms with Gasteiger partial charge in [-0.25, -0.2) is 0 Å². The van der Waals surface area contributed by atoms with E-state index >= 15 is 0 Å². The van der Waals surface area contributed by atoms with Gasteiger partial charge in [-0.2, -0.15) is 0 Å². The van der Waals surface area contributed by atoms with E-state index in [9.17, 15) is 9.59 Å². The molecule has 1 N–H and O–H groups in total. The first-order valence-corrected chi connectivity index (χ1v) is 6.39. The fourth-order valence-electron chi connectivity index (χ4n) is 2.78. The van der Waals surface area contributed by atoms with Crippen LogP contribution in [0.3, 0.4) is 0 Å². The summed E-state index contributed by atoms with van der Waals surface area (Å²) in [6.45, 7) is 0. The highest BCUT2D eigenvalue weighted by atomic mass is 35.5. The lowest BCUT2D eigenvalue weighted by atomic mass is 9.79. The van der Waals surface area contributed by atoms with Crippen LogP contribution in [0.15, 0.2) is 35.4 Å². The molecule has 18 heavy (non-hydrogen) atoms. The summed E-state index contributed by atoms with van der Waals surface area (Å²) in [5.41, 5.74) is 2.39. The van der Waals surface area contributed by atoms with Gasteiger partial charge < -0.3 is 0 Å². The second-order valence-corrected chi connectivity index (χ2v) is 5.11. The van der Waals surface area contributed by atoms with E-state index < -0.39 is 0 Å². The van der Waals surface area contributed by atoms with Crippen LogP contribution in [0.2, 0.25) is 5.02 Å². The van der Waals surface area contributed by atoms with Crippen LogP contribution in [-0.4, -0.2) is 11.8 Å². The lowest BCUT2D eigenvalue weighted by molar-refractivity contribution is -0.124. The molecule has 1 aliphatic carbocycles. The summed E-state index contributed by atoms with van der Waals surface area (Å²) in [5.74, 6) is -0.416. The van der Waals surface area contributed by atoms with Crippen LogP contribution < -0.4 is 5.32 Å². The van der Waals surface area contributed by atoms with Gasteiger partial charge in [0.05, 0.1) is 0 Å². The predicted octanol–water partition coefficient (Wildman–Crippen LogP) is 2.56. The molecule has 0 bridgehead atoms. The quantitative estimate of drug-likeness (QED) is 0.790. The standard InChI is InChI=1S/C14H12ClNO2/c15-9-6-4-8(5-7-9)10-2-1-3-11-12(10)14(18)16-13(11)17/h4-7,10H,1-3H2,(H,16,17,18). The van der Waals surface area contributed by atoms with Crippen molar-refractivity contribution in [2.45, 2.75) is 25.2 Å². The van der Waals surface area contributed by atoms with Crippen molar-refractivity contribution < 1.29 is 9.59 Å². The Hall–Kier alpha value is -1.61. The van der Waals surface area contributed by atoms with Crippen LogP contribution in [-0.2, 0) is 9.59 Å². The third-order valence-corrected chi connectivity index (χ3v) is 3.86. The number of hydrogen-bond donors (Lipinski definition) is 1. The van der Waals surface area contributed by atoms with Gasteiger partial charge in [-0.1, -0.05) is 23.7 Å². The van der Waals surface area contributed by atoms with Gasteiger partial charge in [-0.3, -0.25) is 14.9 Å². The molecule has 0 saturated carbocycles. The first-order chi connectivity index (χ1) is 8.66. The van der Waals surface area contributed by atoms with Gasteiger partial charge in [0, 0.05) is 22.1 Å². The Morgan fingerprint density at radius 3 is 2.56 bits per heavy atom. The van der Waals surface area contributed by atoms with Crippen molar-refractivity contribution >= 4 is 23.4 Å². The molecular weight excluding hydrogens is 250 g/mol. The van der Waals surface area contributed by atoms with Crippen molar-refractivity contribution in [3.05, 3.63) is 46.0 Å². The fourth-order valence-corrected chi connectivity index (χ4v) is 2.90. The average Bonchev–Trinajstić information content (AvgIpc) is 2.66. The van der Waals surface area contributed by atoms with Crippen LogP contribution in [0, 0.1) is 0 Å². The predicted molar refractivity (Wildman–Crippen MR) is 68.2 cm³/mol. The minimum atomic E-state index is -0.227. The van der Waals surface area contributed by atoms with E-state index in [0.717, 1.165) is 18.4 Å². The highest BCUT2D eigenvalue weighted by Crippen LogP contribution is 2.40. The molecule has 0 fully saturated rings. The molecular formula is C14H12ClNO2. The van der Waals surface area contributed by atoms with Gasteiger partial charge in [0.1, 0.15) is 0 Å². The normalized spacial score (nSPS) is 23.1. The minimum absolute atomic E-state index is 0.0254. The van der Waals surface area contributed by atoms with Gasteiger partial charge in [0.25, 0.3) is 11.8 Å². The van der Waals surface area contributed by atoms with E-state index in [0.29, 0.717) is 22.6 Å². The zero-order valence-corrected chi connectivity index (χ0v) is 10.5. The molecule has 0 saturated heterocycles. The number of rotatable bonds is 1. The third-order valence-electron chi connectivity index (χ3n) is 3.61. The van der Waals surface area contributed by atoms with Gasteiger partial charge in [-0.15, -0.1) is 0 Å². The molecule has 1 heterocycles. The number of nitrogens with one attached hydrogen (secondary N) is 1. The van der Waals surface area contributed by atoms with Gasteiger partial charge in [-0.05, 0) is 37.0 Å². The van der Waals surface area contributed by atoms with E-state index in [4.69, 9.17) is 11.6 Å². The number of benzene rings is 1. The van der Waals surface area contributed by atoms with Gasteiger partial charge in [0.15, 0.2) is 0 Å². The molecule has 1 aromatic rings. The smallest absolute Gasteiger partial charge is 0.255 e. The highest BCUT2D eigenvalue weighted by Gasteiger charge is 2.37. The van der Waals surface area contributed by atoms with Crippen molar-refractivity contribution in [1.29, 1.82) is 0 Å². The average molecular weight is 262 g/mol. The van der Waals surface area contributed by atoms with Crippen LogP contribution in [0.25, 0.3) is 0 Å². The molecule has 3 rings (SSSR count). The monoisotopic (exact) mass is 261 g/mol. The summed E-state index contributed by atoms with van der Waals surface area (Å²) in [7, 11) is 0. The number of carbonyl (C=O) groups excluding carboxylic acids is 2. The molecule has 2 amide bonds. The highest BCUT2D eigenvalue weighted by molar-refractivity contribution is 6.30. The first kappa shape index (κ1) is 11.5. The Bertz CT molecular complexity index is 560. The summed E-state index contributed by atoms with van der Waals surface area (Å²) in [6, 6.07) is 7.50. The number of imide groups is 1. The zero-order chi connectivity index (χ0) is 12.7. The number of hydrogen-bond acceptors (Lipinski definition) is 2. The summed E-state index contributed by atoms with van der Waals surface area (Å²) >= 11 is 5.87. The molecule has 1 aliphatic heterocycles. The van der Waals surface area contributed by atoms with Crippen LogP contribution in [0.4, 0.5) is 0 Å². The lowest BCUT2D eigenvalue weighted by Gasteiger charge is -2.22. The van der Waals surface area contributed by atoms with E-state index in [2.05, 4.69) is 5.32 Å². The zero-order valence-electron chi connectivity index (χ0n) is 9.70. The first-order valence-electron chi connectivity index (χ1n) is 6.01. The second kappa shape index (κ2) is 4.25. The maximum atomic E-state index is 11.9. The van der Waals surface area contributed by atoms with Crippen LogP contribution >= 0.6 is 11.6 Å². The van der Waals surface area contributed by atoms with Crippen LogP contribution in [0.5, 0.6) is 0 Å². The van der Waals surface area contributed by atoms with Crippen molar-refractivity contribution in [3.8, 4) is 0 Å². The number of carbonyl (C=O) groups is 2. The Morgan fingerprint density at radius 2 is 1.83 bits per heavy atom. The van der Waals surface area contributed by atoms with Gasteiger partial charge in [0.2, 0.25) is 0 Å². The molecule has 4 heteroatoms. The maximum absolute atomic E-state index is 11.9. The summed E-state index contributed by atoms with van der Waals surface area (Å²) in [5, 5.41) is 3.07. The number of halogens is 1.